The van der Waals surface area contributed by atoms with Crippen LogP contribution in [0.4, 0.5) is 0 Å². The molecule has 1 N–H and O–H groups in total. The second kappa shape index (κ2) is 9.11. The Bertz CT molecular complexity index is 978. The van der Waals surface area contributed by atoms with E-state index in [1.165, 1.54) is 24.5 Å². The molecule has 2 aromatic heterocycles. The molecule has 0 amide bonds. The normalized spacial score (nSPS) is 15.5. The number of likely N-dealkylation sites (tertiary alicyclic amines) is 1. The summed E-state index contributed by atoms with van der Waals surface area (Å²) in [6.07, 6.45) is 5.80. The summed E-state index contributed by atoms with van der Waals surface area (Å²) >= 11 is 0. The van der Waals surface area contributed by atoms with Crippen LogP contribution in [-0.4, -0.2) is 46.7 Å². The van der Waals surface area contributed by atoms with Gasteiger partial charge in [-0.25, -0.2) is 4.98 Å². The molecule has 0 unspecified atom stereocenters. The Labute approximate surface area is 170 Å². The summed E-state index contributed by atoms with van der Waals surface area (Å²) in [4.78, 5) is 26.2. The average Bonchev–Trinajstić information content (AvgIpc) is 2.76. The lowest BCUT2D eigenvalue weighted by molar-refractivity contribution is 0.0968. The van der Waals surface area contributed by atoms with Gasteiger partial charge in [0.2, 0.25) is 0 Å². The fourth-order valence-electron chi connectivity index (χ4n) is 3.83. The maximum atomic E-state index is 12.1. The SMILES string of the molecule is COCC1CCN(Cc2ccc(-c3nc(-c4cccnc4)cc(=O)[nH]3)cc2)CC1. The van der Waals surface area contributed by atoms with E-state index in [1.807, 2.05) is 24.3 Å². The maximum absolute atomic E-state index is 12.1. The topological polar surface area (TPSA) is 71.1 Å². The van der Waals surface area contributed by atoms with Gasteiger partial charge in [0, 0.05) is 49.8 Å². The van der Waals surface area contributed by atoms with Crippen molar-refractivity contribution in [3.63, 3.8) is 0 Å². The van der Waals surface area contributed by atoms with Gasteiger partial charge in [0.15, 0.2) is 0 Å². The first-order chi connectivity index (χ1) is 14.2. The molecule has 6 heteroatoms. The van der Waals surface area contributed by atoms with Crippen LogP contribution >= 0.6 is 0 Å². The number of aromatic amines is 1. The Kier molecular flexibility index (Phi) is 6.12. The zero-order valence-electron chi connectivity index (χ0n) is 16.7. The zero-order valence-corrected chi connectivity index (χ0v) is 16.7. The molecule has 1 saturated heterocycles. The Morgan fingerprint density at radius 1 is 1.14 bits per heavy atom. The molecule has 1 fully saturated rings. The molecule has 6 nitrogen and oxygen atoms in total. The van der Waals surface area contributed by atoms with Crippen LogP contribution in [0.5, 0.6) is 0 Å². The van der Waals surface area contributed by atoms with E-state index >= 15 is 0 Å². The van der Waals surface area contributed by atoms with Crippen molar-refractivity contribution >= 4 is 0 Å². The quantitative estimate of drug-likeness (QED) is 0.699. The van der Waals surface area contributed by atoms with E-state index in [1.54, 1.807) is 19.5 Å². The van der Waals surface area contributed by atoms with Gasteiger partial charge in [-0.05, 0) is 49.5 Å². The summed E-state index contributed by atoms with van der Waals surface area (Å²) in [5.41, 5.74) is 3.45. The molecular formula is C23H26N4O2. The molecule has 4 rings (SSSR count). The number of hydrogen-bond donors (Lipinski definition) is 1. The minimum Gasteiger partial charge on any atom is -0.384 e. The Morgan fingerprint density at radius 3 is 2.62 bits per heavy atom. The van der Waals surface area contributed by atoms with Gasteiger partial charge in [0.25, 0.3) is 5.56 Å². The van der Waals surface area contributed by atoms with Crippen molar-refractivity contribution in [2.75, 3.05) is 26.8 Å². The first-order valence-corrected chi connectivity index (χ1v) is 10.0. The third-order valence-electron chi connectivity index (χ3n) is 5.44. The predicted molar refractivity (Wildman–Crippen MR) is 113 cm³/mol. The van der Waals surface area contributed by atoms with Gasteiger partial charge >= 0.3 is 0 Å². The van der Waals surface area contributed by atoms with E-state index in [2.05, 4.69) is 32.0 Å². The Hall–Kier alpha value is -2.83. The molecule has 0 saturated carbocycles. The number of piperidine rings is 1. The maximum Gasteiger partial charge on any atom is 0.251 e. The van der Waals surface area contributed by atoms with Gasteiger partial charge in [-0.3, -0.25) is 14.7 Å². The van der Waals surface area contributed by atoms with Crippen LogP contribution in [0, 0.1) is 5.92 Å². The number of nitrogens with one attached hydrogen (secondary N) is 1. The highest BCUT2D eigenvalue weighted by molar-refractivity contribution is 5.62. The van der Waals surface area contributed by atoms with Crippen molar-refractivity contribution in [2.24, 2.45) is 5.92 Å². The minimum atomic E-state index is -0.170. The molecule has 0 spiro atoms. The van der Waals surface area contributed by atoms with Crippen LogP contribution in [0.2, 0.25) is 0 Å². The number of aromatic nitrogens is 3. The molecule has 1 aromatic carbocycles. The molecule has 0 atom stereocenters. The number of hydrogen-bond acceptors (Lipinski definition) is 5. The lowest BCUT2D eigenvalue weighted by Gasteiger charge is -2.31. The third-order valence-corrected chi connectivity index (χ3v) is 5.44. The monoisotopic (exact) mass is 390 g/mol. The van der Waals surface area contributed by atoms with Gasteiger partial charge in [-0.1, -0.05) is 24.3 Å². The molecular weight excluding hydrogens is 364 g/mol. The van der Waals surface area contributed by atoms with Crippen molar-refractivity contribution in [3.05, 3.63) is 70.8 Å². The zero-order chi connectivity index (χ0) is 20.1. The largest absolute Gasteiger partial charge is 0.384 e. The van der Waals surface area contributed by atoms with Gasteiger partial charge < -0.3 is 9.72 Å². The molecule has 0 bridgehead atoms. The fraction of sp³-hybridized carbons (Fsp3) is 0.348. The predicted octanol–water partition coefficient (Wildman–Crippen LogP) is 3.36. The number of ether oxygens (including phenoxy) is 1. The first kappa shape index (κ1) is 19.5. The number of methoxy groups -OCH3 is 1. The lowest BCUT2D eigenvalue weighted by atomic mass is 9.97. The lowest BCUT2D eigenvalue weighted by Crippen LogP contribution is -2.34. The molecule has 1 aliphatic rings. The van der Waals surface area contributed by atoms with E-state index in [-0.39, 0.29) is 5.56 Å². The van der Waals surface area contributed by atoms with E-state index in [0.717, 1.165) is 37.4 Å². The fourth-order valence-corrected chi connectivity index (χ4v) is 3.83. The first-order valence-electron chi connectivity index (χ1n) is 10.0. The molecule has 29 heavy (non-hydrogen) atoms. The molecule has 150 valence electrons. The Morgan fingerprint density at radius 2 is 1.93 bits per heavy atom. The molecule has 0 radical (unpaired) electrons. The summed E-state index contributed by atoms with van der Waals surface area (Å²) in [6.45, 7) is 4.03. The summed E-state index contributed by atoms with van der Waals surface area (Å²) in [5, 5.41) is 0. The van der Waals surface area contributed by atoms with Crippen molar-refractivity contribution in [1.29, 1.82) is 0 Å². The summed E-state index contributed by atoms with van der Waals surface area (Å²) < 4.78 is 5.28. The second-order valence-electron chi connectivity index (χ2n) is 7.59. The van der Waals surface area contributed by atoms with E-state index in [9.17, 15) is 4.79 Å². The average molecular weight is 390 g/mol. The van der Waals surface area contributed by atoms with Crippen molar-refractivity contribution in [3.8, 4) is 22.6 Å². The molecule has 0 aliphatic carbocycles. The van der Waals surface area contributed by atoms with Gasteiger partial charge in [0.1, 0.15) is 5.82 Å². The van der Waals surface area contributed by atoms with Gasteiger partial charge in [-0.2, -0.15) is 0 Å². The Balaban J connectivity index is 1.46. The van der Waals surface area contributed by atoms with Crippen LogP contribution in [0.15, 0.2) is 59.7 Å². The van der Waals surface area contributed by atoms with E-state index in [4.69, 9.17) is 4.74 Å². The van der Waals surface area contributed by atoms with Crippen molar-refractivity contribution in [1.82, 2.24) is 19.9 Å². The number of pyridine rings is 1. The van der Waals surface area contributed by atoms with Crippen LogP contribution in [0.25, 0.3) is 22.6 Å². The standard InChI is InChI=1S/C23H26N4O2/c1-29-16-18-8-11-27(12-9-18)15-17-4-6-19(7-5-17)23-25-21(13-22(28)26-23)20-3-2-10-24-14-20/h2-7,10,13-14,18H,8-9,11-12,15-16H2,1H3,(H,25,26,28). The molecule has 3 heterocycles. The number of benzene rings is 1. The number of nitrogens with zero attached hydrogens (tertiary/aromatic N) is 3. The number of H-pyrrole nitrogens is 1. The van der Waals surface area contributed by atoms with Crippen LogP contribution in [-0.2, 0) is 11.3 Å². The minimum absolute atomic E-state index is 0.170. The van der Waals surface area contributed by atoms with Crippen molar-refractivity contribution in [2.45, 2.75) is 19.4 Å². The molecule has 3 aromatic rings. The van der Waals surface area contributed by atoms with Crippen LogP contribution in [0.3, 0.4) is 0 Å². The van der Waals surface area contributed by atoms with Gasteiger partial charge in [-0.15, -0.1) is 0 Å². The van der Waals surface area contributed by atoms with Crippen LogP contribution < -0.4 is 5.56 Å². The summed E-state index contributed by atoms with van der Waals surface area (Å²) in [5.74, 6) is 1.26. The second-order valence-corrected chi connectivity index (χ2v) is 7.59. The highest BCUT2D eigenvalue weighted by atomic mass is 16.5. The smallest absolute Gasteiger partial charge is 0.251 e. The highest BCUT2D eigenvalue weighted by Crippen LogP contribution is 2.22. The highest BCUT2D eigenvalue weighted by Gasteiger charge is 2.19. The van der Waals surface area contributed by atoms with E-state index < -0.39 is 0 Å². The van der Waals surface area contributed by atoms with E-state index in [0.29, 0.717) is 17.4 Å². The van der Waals surface area contributed by atoms with Crippen LogP contribution in [0.1, 0.15) is 18.4 Å². The number of rotatable bonds is 6. The molecule has 1 aliphatic heterocycles. The third kappa shape index (κ3) is 4.96. The van der Waals surface area contributed by atoms with Crippen molar-refractivity contribution < 1.29 is 4.74 Å². The van der Waals surface area contributed by atoms with Gasteiger partial charge in [0.05, 0.1) is 5.69 Å². The summed E-state index contributed by atoms with van der Waals surface area (Å²) in [7, 11) is 1.78. The summed E-state index contributed by atoms with van der Waals surface area (Å²) in [6, 6.07) is 13.5.